The third kappa shape index (κ3) is 5.10. The molecule has 0 amide bonds. The van der Waals surface area contributed by atoms with Gasteiger partial charge in [-0.25, -0.2) is 0 Å². The zero-order valence-electron chi connectivity index (χ0n) is 32.7. The number of nitrogens with two attached hydrogens (primary N) is 1. The molecule has 2 nitrogen and oxygen atoms in total. The summed E-state index contributed by atoms with van der Waals surface area (Å²) in [5, 5.41) is 16.4. The van der Waals surface area contributed by atoms with Crippen molar-refractivity contribution < 1.29 is 0 Å². The molecule has 0 atom stereocenters. The van der Waals surface area contributed by atoms with Crippen molar-refractivity contribution in [2.75, 3.05) is 5.73 Å². The molecule has 0 aromatic heterocycles. The van der Waals surface area contributed by atoms with Gasteiger partial charge in [-0.05, 0) is 107 Å². The van der Waals surface area contributed by atoms with Crippen LogP contribution in [0.5, 0.6) is 0 Å². The van der Waals surface area contributed by atoms with Gasteiger partial charge in [0, 0.05) is 16.8 Å². The molecule has 0 aliphatic heterocycles. The van der Waals surface area contributed by atoms with E-state index >= 15 is 0 Å². The quantitative estimate of drug-likeness (QED) is 0.105. The lowest BCUT2D eigenvalue weighted by Crippen LogP contribution is -2.26. The van der Waals surface area contributed by atoms with Crippen LogP contribution in [0, 0.1) is 12.3 Å². The van der Waals surface area contributed by atoms with Crippen LogP contribution in [0.3, 0.4) is 0 Å². The van der Waals surface area contributed by atoms with Gasteiger partial charge in [0.25, 0.3) is 0 Å². The minimum atomic E-state index is -0.380. The predicted octanol–water partition coefficient (Wildman–Crippen LogP) is 14.2. The minimum absolute atomic E-state index is 0.380. The van der Waals surface area contributed by atoms with E-state index in [9.17, 15) is 0 Å². The molecular weight excluding hydrogens is 713 g/mol. The van der Waals surface area contributed by atoms with Gasteiger partial charge < -0.3 is 5.73 Å². The van der Waals surface area contributed by atoms with Gasteiger partial charge in [-0.3, -0.25) is 5.41 Å². The van der Waals surface area contributed by atoms with Crippen LogP contribution < -0.4 is 5.73 Å². The molecule has 0 saturated carbocycles. The maximum atomic E-state index is 8.31. The van der Waals surface area contributed by atoms with Crippen molar-refractivity contribution in [3.05, 3.63) is 245 Å². The van der Waals surface area contributed by atoms with Crippen molar-refractivity contribution in [3.63, 3.8) is 0 Å². The summed E-state index contributed by atoms with van der Waals surface area (Å²) < 4.78 is 0. The predicted molar refractivity (Wildman–Crippen MR) is 249 cm³/mol. The fraction of sp³-hybridized carbons (Fsp3) is 0.0351. The highest BCUT2D eigenvalue weighted by Gasteiger charge is 2.53. The highest BCUT2D eigenvalue weighted by Crippen LogP contribution is 2.66. The molecule has 10 aromatic carbocycles. The standard InChI is InChI=1S/C38H24.C19H16N2/c1-23-22-32-35-29-17-5-3-13-25(29)26-14-4-7-19-31(26)37(35)38(36(32)30-18-6-2-12-24(23)30)33-20-10-8-15-27(33)28-16-9-11-21-34(28)38;20-18-9-5-4-8-17(18)19(21)16-12-10-15(11-13-16)14-6-2-1-3-7-14/h2-22H,1H3;1-13,21H,20H2. The van der Waals surface area contributed by atoms with E-state index in [1.54, 1.807) is 0 Å². The third-order valence-corrected chi connectivity index (χ3v) is 12.7. The molecule has 2 heteroatoms. The molecule has 3 N–H and O–H groups in total. The Labute approximate surface area is 344 Å². The molecule has 0 saturated heterocycles. The van der Waals surface area contributed by atoms with Crippen LogP contribution in [0.1, 0.15) is 38.9 Å². The molecule has 12 rings (SSSR count). The average Bonchev–Trinajstić information content (AvgIpc) is 3.77. The first-order valence-electron chi connectivity index (χ1n) is 20.3. The van der Waals surface area contributed by atoms with E-state index in [1.165, 1.54) is 88.0 Å². The zero-order valence-corrected chi connectivity index (χ0v) is 32.7. The summed E-state index contributed by atoms with van der Waals surface area (Å²) in [4.78, 5) is 0. The Morgan fingerprint density at radius 2 is 0.898 bits per heavy atom. The number of nitrogen functional groups attached to an aromatic ring is 1. The van der Waals surface area contributed by atoms with E-state index in [2.05, 4.69) is 146 Å². The van der Waals surface area contributed by atoms with E-state index in [1.807, 2.05) is 66.7 Å². The minimum Gasteiger partial charge on any atom is -0.398 e. The SMILES string of the molecule is Cc1cc2c(c3ccccc13)C1(c3ccccc3-c3ccccc31)c1c-2c2ccccc2c2ccccc12.N=C(c1ccc(-c2ccccc2)cc1)c1ccccc1N. The molecule has 0 radical (unpaired) electrons. The lowest BCUT2D eigenvalue weighted by atomic mass is 9.68. The van der Waals surface area contributed by atoms with Crippen LogP contribution in [-0.2, 0) is 5.41 Å². The molecule has 2 aliphatic carbocycles. The van der Waals surface area contributed by atoms with Crippen molar-refractivity contribution in [3.8, 4) is 33.4 Å². The van der Waals surface area contributed by atoms with Crippen LogP contribution in [-0.4, -0.2) is 5.71 Å². The van der Waals surface area contributed by atoms with Crippen LogP contribution >= 0.6 is 0 Å². The van der Waals surface area contributed by atoms with Crippen molar-refractivity contribution in [2.24, 2.45) is 0 Å². The lowest BCUT2D eigenvalue weighted by Gasteiger charge is -2.32. The summed E-state index contributed by atoms with van der Waals surface area (Å²) in [6, 6.07) is 73.5. The van der Waals surface area contributed by atoms with Gasteiger partial charge in [0.1, 0.15) is 0 Å². The Balaban J connectivity index is 0.000000161. The number of aryl methyl sites for hydroxylation is 1. The molecule has 0 fully saturated rings. The summed E-state index contributed by atoms with van der Waals surface area (Å²) in [6.07, 6.45) is 0. The summed E-state index contributed by atoms with van der Waals surface area (Å²) in [7, 11) is 0. The average molecular weight is 753 g/mol. The first kappa shape index (κ1) is 34.7. The zero-order chi connectivity index (χ0) is 39.7. The normalized spacial score (nSPS) is 12.8. The van der Waals surface area contributed by atoms with Crippen molar-refractivity contribution in [1.29, 1.82) is 5.41 Å². The van der Waals surface area contributed by atoms with Gasteiger partial charge in [0.2, 0.25) is 0 Å². The van der Waals surface area contributed by atoms with Gasteiger partial charge >= 0.3 is 0 Å². The van der Waals surface area contributed by atoms with Gasteiger partial charge in [-0.2, -0.15) is 0 Å². The molecule has 1 spiro atoms. The Morgan fingerprint density at radius 3 is 1.54 bits per heavy atom. The van der Waals surface area contributed by atoms with E-state index in [0.29, 0.717) is 11.4 Å². The largest absolute Gasteiger partial charge is 0.398 e. The number of anilines is 1. The Kier molecular flexibility index (Phi) is 7.96. The first-order valence-corrected chi connectivity index (χ1v) is 20.3. The first-order chi connectivity index (χ1) is 29.1. The number of benzene rings is 10. The van der Waals surface area contributed by atoms with E-state index in [0.717, 1.165) is 16.7 Å². The van der Waals surface area contributed by atoms with Crippen LogP contribution in [0.2, 0.25) is 0 Å². The second kappa shape index (κ2) is 13.5. The van der Waals surface area contributed by atoms with Crippen LogP contribution in [0.15, 0.2) is 206 Å². The maximum absolute atomic E-state index is 8.31. The molecule has 59 heavy (non-hydrogen) atoms. The fourth-order valence-electron chi connectivity index (χ4n) is 10.2. The van der Waals surface area contributed by atoms with Gasteiger partial charge in [-0.15, -0.1) is 0 Å². The molecule has 0 unspecified atom stereocenters. The highest BCUT2D eigenvalue weighted by atomic mass is 14.6. The highest BCUT2D eigenvalue weighted by molar-refractivity contribution is 6.21. The molecule has 0 heterocycles. The van der Waals surface area contributed by atoms with E-state index in [4.69, 9.17) is 11.1 Å². The second-order valence-corrected chi connectivity index (χ2v) is 15.7. The van der Waals surface area contributed by atoms with Crippen molar-refractivity contribution >= 4 is 43.7 Å². The number of fused-ring (bicyclic) bond motifs is 17. The van der Waals surface area contributed by atoms with E-state index < -0.39 is 0 Å². The summed E-state index contributed by atoms with van der Waals surface area (Å²) >= 11 is 0. The Bertz CT molecular complexity index is 3260. The Morgan fingerprint density at radius 1 is 0.424 bits per heavy atom. The maximum Gasteiger partial charge on any atom is 0.0737 e. The monoisotopic (exact) mass is 752 g/mol. The number of hydrogen-bond acceptors (Lipinski definition) is 2. The molecule has 278 valence electrons. The number of rotatable bonds is 3. The van der Waals surface area contributed by atoms with Crippen molar-refractivity contribution in [2.45, 2.75) is 12.3 Å². The summed E-state index contributed by atoms with van der Waals surface area (Å²) in [6.45, 7) is 2.27. The smallest absolute Gasteiger partial charge is 0.0737 e. The molecular formula is C57H40N2. The fourth-order valence-corrected chi connectivity index (χ4v) is 10.2. The van der Waals surface area contributed by atoms with Crippen molar-refractivity contribution in [1.82, 2.24) is 0 Å². The summed E-state index contributed by atoms with van der Waals surface area (Å²) in [5.74, 6) is 0. The lowest BCUT2D eigenvalue weighted by molar-refractivity contribution is 0.809. The molecule has 2 aliphatic rings. The molecule has 10 aromatic rings. The third-order valence-electron chi connectivity index (χ3n) is 12.7. The number of nitrogens with one attached hydrogen (secondary N) is 1. The number of para-hydroxylation sites is 1. The van der Waals surface area contributed by atoms with Crippen LogP contribution in [0.25, 0.3) is 65.7 Å². The molecule has 0 bridgehead atoms. The summed E-state index contributed by atoms with van der Waals surface area (Å²) in [5.41, 5.74) is 23.1. The van der Waals surface area contributed by atoms with Gasteiger partial charge in [0.15, 0.2) is 0 Å². The topological polar surface area (TPSA) is 49.9 Å². The van der Waals surface area contributed by atoms with Crippen LogP contribution in [0.4, 0.5) is 5.69 Å². The van der Waals surface area contributed by atoms with Gasteiger partial charge in [0.05, 0.1) is 11.1 Å². The van der Waals surface area contributed by atoms with Gasteiger partial charge in [-0.1, -0.05) is 200 Å². The Hall–Kier alpha value is -7.55. The second-order valence-electron chi connectivity index (χ2n) is 15.7. The van der Waals surface area contributed by atoms with E-state index in [-0.39, 0.29) is 5.41 Å². The number of hydrogen-bond donors (Lipinski definition) is 2.